The Balaban J connectivity index is 1.76. The number of piperidine rings is 1. The number of aromatic nitrogens is 4. The van der Waals surface area contributed by atoms with E-state index in [4.69, 9.17) is 11.6 Å². The Bertz CT molecular complexity index is 789. The summed E-state index contributed by atoms with van der Waals surface area (Å²) in [5, 5.41) is 22.3. The van der Waals surface area contributed by atoms with Crippen molar-refractivity contribution in [2.75, 3.05) is 13.1 Å². The van der Waals surface area contributed by atoms with Crippen LogP contribution in [0.1, 0.15) is 29.8 Å². The number of nitrogens with zero attached hydrogens (tertiary/aromatic N) is 5. The number of β-amino-alcohol motifs (C(OH)–C–C–N with tert-alkyl or cyclic N) is 1. The first-order valence-electron chi connectivity index (χ1n) is 8.19. The van der Waals surface area contributed by atoms with Crippen molar-refractivity contribution >= 4 is 23.6 Å². The quantitative estimate of drug-likeness (QED) is 0.837. The van der Waals surface area contributed by atoms with Crippen molar-refractivity contribution in [1.29, 1.82) is 0 Å². The standard InChI is InChI=1S/C17H20ClN5O2/c1-12-19-21-23(20-12)10-14-9-15(18)6-4-13(14)5-7-17(25)22-8-2-3-16(24)11-22/h4-7,9,16,24H,2-3,8,10-11H2,1H3/b7-5+. The van der Waals surface area contributed by atoms with E-state index in [0.717, 1.165) is 24.0 Å². The molecule has 1 aliphatic rings. The molecule has 0 saturated carbocycles. The van der Waals surface area contributed by atoms with Gasteiger partial charge in [-0.1, -0.05) is 17.7 Å². The van der Waals surface area contributed by atoms with Gasteiger partial charge >= 0.3 is 0 Å². The van der Waals surface area contributed by atoms with Gasteiger partial charge in [-0.15, -0.1) is 10.2 Å². The average molecular weight is 362 g/mol. The number of hydrogen-bond acceptors (Lipinski definition) is 5. The second-order valence-electron chi connectivity index (χ2n) is 6.12. The van der Waals surface area contributed by atoms with Gasteiger partial charge in [-0.2, -0.15) is 4.80 Å². The summed E-state index contributed by atoms with van der Waals surface area (Å²) in [5.74, 6) is 0.493. The second kappa shape index (κ2) is 7.76. The highest BCUT2D eigenvalue weighted by atomic mass is 35.5. The first-order valence-corrected chi connectivity index (χ1v) is 8.57. The number of carbonyl (C=O) groups excluding carboxylic acids is 1. The van der Waals surface area contributed by atoms with Gasteiger partial charge in [-0.05, 0) is 54.3 Å². The first-order chi connectivity index (χ1) is 12.0. The molecule has 25 heavy (non-hydrogen) atoms. The summed E-state index contributed by atoms with van der Waals surface area (Å²) in [7, 11) is 0. The van der Waals surface area contributed by atoms with E-state index in [1.165, 1.54) is 10.9 Å². The number of aliphatic hydroxyl groups is 1. The highest BCUT2D eigenvalue weighted by Crippen LogP contribution is 2.19. The maximum atomic E-state index is 12.3. The smallest absolute Gasteiger partial charge is 0.246 e. The minimum atomic E-state index is -0.432. The summed E-state index contributed by atoms with van der Waals surface area (Å²) in [6.45, 7) is 3.25. The molecule has 1 N–H and O–H groups in total. The molecule has 1 aliphatic heterocycles. The van der Waals surface area contributed by atoms with Crippen molar-refractivity contribution in [3.63, 3.8) is 0 Å². The highest BCUT2D eigenvalue weighted by Gasteiger charge is 2.20. The summed E-state index contributed by atoms with van der Waals surface area (Å²) in [6, 6.07) is 5.46. The SMILES string of the molecule is Cc1nnn(Cc2cc(Cl)ccc2/C=C/C(=O)N2CCCC(O)C2)n1. The van der Waals surface area contributed by atoms with Gasteiger partial charge in [0.05, 0.1) is 12.6 Å². The molecule has 2 aromatic rings. The first kappa shape index (κ1) is 17.6. The Morgan fingerprint density at radius 3 is 3.04 bits per heavy atom. The summed E-state index contributed by atoms with van der Waals surface area (Å²) >= 11 is 6.10. The van der Waals surface area contributed by atoms with Crippen LogP contribution in [0.3, 0.4) is 0 Å². The Labute approximate surface area is 150 Å². The number of benzene rings is 1. The van der Waals surface area contributed by atoms with Crippen molar-refractivity contribution < 1.29 is 9.90 Å². The van der Waals surface area contributed by atoms with E-state index in [2.05, 4.69) is 15.4 Å². The molecule has 132 valence electrons. The third-order valence-electron chi connectivity index (χ3n) is 4.08. The fourth-order valence-electron chi connectivity index (χ4n) is 2.84. The molecule has 1 aromatic carbocycles. The number of aliphatic hydroxyl groups excluding tert-OH is 1. The summed E-state index contributed by atoms with van der Waals surface area (Å²) in [4.78, 5) is 15.5. The molecule has 1 aromatic heterocycles. The zero-order valence-electron chi connectivity index (χ0n) is 14.0. The van der Waals surface area contributed by atoms with Crippen LogP contribution in [0.25, 0.3) is 6.08 Å². The highest BCUT2D eigenvalue weighted by molar-refractivity contribution is 6.30. The molecule has 0 bridgehead atoms. The summed E-state index contributed by atoms with van der Waals surface area (Å²) in [6.07, 6.45) is 4.44. The van der Waals surface area contributed by atoms with E-state index in [-0.39, 0.29) is 5.91 Å². The van der Waals surface area contributed by atoms with Crippen LogP contribution in [0.5, 0.6) is 0 Å². The molecule has 0 radical (unpaired) electrons. The molecule has 0 aliphatic carbocycles. The van der Waals surface area contributed by atoms with Crippen molar-refractivity contribution in [3.8, 4) is 0 Å². The van der Waals surface area contributed by atoms with E-state index in [0.29, 0.717) is 30.5 Å². The monoisotopic (exact) mass is 361 g/mol. The molecule has 2 heterocycles. The lowest BCUT2D eigenvalue weighted by molar-refractivity contribution is -0.128. The minimum absolute atomic E-state index is 0.102. The van der Waals surface area contributed by atoms with Crippen molar-refractivity contribution in [2.45, 2.75) is 32.4 Å². The van der Waals surface area contributed by atoms with Gasteiger partial charge in [0.2, 0.25) is 5.91 Å². The molecule has 3 rings (SSSR count). The number of hydrogen-bond donors (Lipinski definition) is 1. The van der Waals surface area contributed by atoms with Gasteiger partial charge in [0.15, 0.2) is 5.82 Å². The zero-order valence-corrected chi connectivity index (χ0v) is 14.7. The lowest BCUT2D eigenvalue weighted by atomic mass is 10.1. The molecular formula is C17H20ClN5O2. The van der Waals surface area contributed by atoms with E-state index >= 15 is 0 Å². The summed E-state index contributed by atoms with van der Waals surface area (Å²) in [5.41, 5.74) is 1.76. The maximum absolute atomic E-state index is 12.3. The molecule has 7 nitrogen and oxygen atoms in total. The number of carbonyl (C=O) groups is 1. The molecule has 1 atom stereocenters. The van der Waals surface area contributed by atoms with Crippen LogP contribution in [-0.2, 0) is 11.3 Å². The molecule has 8 heteroatoms. The number of amides is 1. The van der Waals surface area contributed by atoms with Crippen LogP contribution in [0.4, 0.5) is 0 Å². The predicted octanol–water partition coefficient (Wildman–Crippen LogP) is 1.68. The minimum Gasteiger partial charge on any atom is -0.391 e. The van der Waals surface area contributed by atoms with Crippen LogP contribution in [-0.4, -0.2) is 55.3 Å². The van der Waals surface area contributed by atoms with Gasteiger partial charge in [-0.3, -0.25) is 4.79 Å². The largest absolute Gasteiger partial charge is 0.391 e. The van der Waals surface area contributed by atoms with E-state index < -0.39 is 6.10 Å². The Morgan fingerprint density at radius 1 is 1.48 bits per heavy atom. The third kappa shape index (κ3) is 4.64. The van der Waals surface area contributed by atoms with Crippen molar-refractivity contribution in [1.82, 2.24) is 25.1 Å². The fourth-order valence-corrected chi connectivity index (χ4v) is 3.03. The Morgan fingerprint density at radius 2 is 2.32 bits per heavy atom. The average Bonchev–Trinajstić information content (AvgIpc) is 2.99. The number of tetrazole rings is 1. The maximum Gasteiger partial charge on any atom is 0.246 e. The van der Waals surface area contributed by atoms with Crippen molar-refractivity contribution in [2.24, 2.45) is 0 Å². The molecule has 1 amide bonds. The number of rotatable bonds is 4. The number of halogens is 1. The Kier molecular flexibility index (Phi) is 5.45. The van der Waals surface area contributed by atoms with Gasteiger partial charge in [0.1, 0.15) is 0 Å². The van der Waals surface area contributed by atoms with Gasteiger partial charge in [-0.25, -0.2) is 0 Å². The van der Waals surface area contributed by atoms with Crippen LogP contribution < -0.4 is 0 Å². The van der Waals surface area contributed by atoms with Gasteiger partial charge in [0.25, 0.3) is 0 Å². The Hall–Kier alpha value is -2.25. The molecular weight excluding hydrogens is 342 g/mol. The second-order valence-corrected chi connectivity index (χ2v) is 6.56. The molecule has 1 fully saturated rings. The molecule has 1 unspecified atom stereocenters. The topological polar surface area (TPSA) is 84.1 Å². The third-order valence-corrected chi connectivity index (χ3v) is 4.32. The lowest BCUT2D eigenvalue weighted by Crippen LogP contribution is -2.41. The van der Waals surface area contributed by atoms with E-state index in [1.54, 1.807) is 24.0 Å². The molecule has 1 saturated heterocycles. The van der Waals surface area contributed by atoms with Crippen LogP contribution in [0.15, 0.2) is 24.3 Å². The number of aryl methyl sites for hydroxylation is 1. The van der Waals surface area contributed by atoms with E-state index in [1.807, 2.05) is 12.1 Å². The zero-order chi connectivity index (χ0) is 17.8. The van der Waals surface area contributed by atoms with Crippen molar-refractivity contribution in [3.05, 3.63) is 46.2 Å². The molecule has 0 spiro atoms. The van der Waals surface area contributed by atoms with Gasteiger partial charge < -0.3 is 10.0 Å². The number of likely N-dealkylation sites (tertiary alicyclic amines) is 1. The normalized spacial score (nSPS) is 18.0. The summed E-state index contributed by atoms with van der Waals surface area (Å²) < 4.78 is 0. The van der Waals surface area contributed by atoms with Crippen LogP contribution in [0, 0.1) is 6.92 Å². The van der Waals surface area contributed by atoms with Crippen LogP contribution in [0.2, 0.25) is 5.02 Å². The lowest BCUT2D eigenvalue weighted by Gasteiger charge is -2.29. The van der Waals surface area contributed by atoms with Gasteiger partial charge in [0, 0.05) is 24.2 Å². The van der Waals surface area contributed by atoms with E-state index in [9.17, 15) is 9.90 Å². The predicted molar refractivity (Wildman–Crippen MR) is 94.0 cm³/mol. The van der Waals surface area contributed by atoms with Crippen LogP contribution >= 0.6 is 11.6 Å². The fraction of sp³-hybridized carbons (Fsp3) is 0.412.